The van der Waals surface area contributed by atoms with Crippen molar-refractivity contribution in [2.75, 3.05) is 0 Å². The van der Waals surface area contributed by atoms with Crippen LogP contribution in [0.5, 0.6) is 11.5 Å². The van der Waals surface area contributed by atoms with Gasteiger partial charge < -0.3 is 4.74 Å². The lowest BCUT2D eigenvalue weighted by molar-refractivity contribution is 0.419. The molecular formula is C40H28O. The molecule has 194 valence electrons. The Balaban J connectivity index is 1.39. The first kappa shape index (κ1) is 22.9. The van der Waals surface area contributed by atoms with Crippen molar-refractivity contribution in [3.05, 3.63) is 167 Å². The summed E-state index contributed by atoms with van der Waals surface area (Å²) < 4.78 is 6.55. The van der Waals surface area contributed by atoms with Crippen LogP contribution in [0.25, 0.3) is 33.4 Å². The Morgan fingerprint density at radius 1 is 0.390 bits per heavy atom. The maximum Gasteiger partial charge on any atom is 0.132 e. The molecule has 1 nitrogen and oxygen atoms in total. The van der Waals surface area contributed by atoms with E-state index in [0.29, 0.717) is 0 Å². The number of hydrogen-bond acceptors (Lipinski definition) is 1. The van der Waals surface area contributed by atoms with Crippen molar-refractivity contribution in [2.45, 2.75) is 24.7 Å². The second-order valence-corrected chi connectivity index (χ2v) is 12.0. The molecule has 1 heteroatoms. The van der Waals surface area contributed by atoms with Crippen molar-refractivity contribution in [1.29, 1.82) is 0 Å². The minimum Gasteiger partial charge on any atom is -0.457 e. The fraction of sp³-hybridized carbons (Fsp3) is 0.100. The van der Waals surface area contributed by atoms with Crippen LogP contribution in [0, 0.1) is 0 Å². The first-order valence-electron chi connectivity index (χ1n) is 14.5. The molecular weight excluding hydrogens is 496 g/mol. The Morgan fingerprint density at radius 3 is 1.56 bits per heavy atom. The quantitative estimate of drug-likeness (QED) is 0.208. The summed E-state index contributed by atoms with van der Waals surface area (Å²) in [6, 6.07) is 49.0. The number of rotatable bonds is 1. The van der Waals surface area contributed by atoms with E-state index in [1.54, 1.807) is 0 Å². The Labute approximate surface area is 240 Å². The third kappa shape index (κ3) is 2.71. The monoisotopic (exact) mass is 524 g/mol. The molecule has 0 bridgehead atoms. The molecule has 41 heavy (non-hydrogen) atoms. The van der Waals surface area contributed by atoms with Gasteiger partial charge in [-0.25, -0.2) is 0 Å². The summed E-state index contributed by atoms with van der Waals surface area (Å²) in [7, 11) is 0. The van der Waals surface area contributed by atoms with Crippen LogP contribution in [0.3, 0.4) is 0 Å². The molecule has 3 aliphatic rings. The molecule has 6 aromatic carbocycles. The van der Waals surface area contributed by atoms with E-state index in [9.17, 15) is 0 Å². The molecule has 6 aromatic rings. The van der Waals surface area contributed by atoms with E-state index in [2.05, 4.69) is 147 Å². The average Bonchev–Trinajstić information content (AvgIpc) is 3.48. The van der Waals surface area contributed by atoms with Gasteiger partial charge in [0.2, 0.25) is 0 Å². The fourth-order valence-corrected chi connectivity index (χ4v) is 8.18. The Kier molecular flexibility index (Phi) is 4.39. The summed E-state index contributed by atoms with van der Waals surface area (Å²) in [5, 5.41) is 0. The van der Waals surface area contributed by atoms with E-state index in [0.717, 1.165) is 11.5 Å². The van der Waals surface area contributed by atoms with Gasteiger partial charge >= 0.3 is 0 Å². The average molecular weight is 525 g/mol. The molecule has 0 N–H and O–H groups in total. The third-order valence-electron chi connectivity index (χ3n) is 9.74. The molecule has 0 unspecified atom stereocenters. The molecule has 2 aliphatic carbocycles. The van der Waals surface area contributed by atoms with Crippen LogP contribution >= 0.6 is 0 Å². The maximum atomic E-state index is 6.55. The van der Waals surface area contributed by atoms with Crippen LogP contribution in [-0.2, 0) is 10.8 Å². The molecule has 0 amide bonds. The molecule has 0 radical (unpaired) electrons. The van der Waals surface area contributed by atoms with Crippen molar-refractivity contribution in [2.24, 2.45) is 0 Å². The fourth-order valence-electron chi connectivity index (χ4n) is 8.18. The highest BCUT2D eigenvalue weighted by molar-refractivity contribution is 6.00. The summed E-state index contributed by atoms with van der Waals surface area (Å²) in [5.74, 6) is 1.89. The van der Waals surface area contributed by atoms with Crippen molar-refractivity contribution in [3.63, 3.8) is 0 Å². The van der Waals surface area contributed by atoms with Crippen LogP contribution in [0.4, 0.5) is 0 Å². The molecule has 0 fully saturated rings. The van der Waals surface area contributed by atoms with Gasteiger partial charge in [-0.1, -0.05) is 135 Å². The van der Waals surface area contributed by atoms with Crippen LogP contribution in [0.15, 0.2) is 133 Å². The van der Waals surface area contributed by atoms with Gasteiger partial charge in [-0.05, 0) is 67.8 Å². The number of hydrogen-bond donors (Lipinski definition) is 0. The molecule has 1 heterocycles. The van der Waals surface area contributed by atoms with E-state index in [1.165, 1.54) is 66.8 Å². The highest BCUT2D eigenvalue weighted by atomic mass is 16.5. The molecule has 0 atom stereocenters. The summed E-state index contributed by atoms with van der Waals surface area (Å²) in [6.45, 7) is 4.66. The largest absolute Gasteiger partial charge is 0.457 e. The molecule has 1 spiro atoms. The third-order valence-corrected chi connectivity index (χ3v) is 9.74. The Bertz CT molecular complexity index is 2020. The summed E-state index contributed by atoms with van der Waals surface area (Å²) in [6.07, 6.45) is 0. The van der Waals surface area contributed by atoms with E-state index in [-0.39, 0.29) is 10.8 Å². The first-order valence-corrected chi connectivity index (χ1v) is 14.5. The second kappa shape index (κ2) is 7.86. The lowest BCUT2D eigenvalue weighted by Crippen LogP contribution is -2.26. The zero-order chi connectivity index (χ0) is 27.3. The molecule has 0 saturated heterocycles. The number of fused-ring (bicyclic) bond motifs is 12. The highest BCUT2D eigenvalue weighted by Gasteiger charge is 2.52. The predicted octanol–water partition coefficient (Wildman–Crippen LogP) is 10.1. The summed E-state index contributed by atoms with van der Waals surface area (Å²) in [4.78, 5) is 0. The first-order chi connectivity index (χ1) is 20.1. The molecule has 9 rings (SSSR count). The lowest BCUT2D eigenvalue weighted by Gasteiger charge is -2.36. The van der Waals surface area contributed by atoms with Crippen molar-refractivity contribution >= 4 is 0 Å². The SMILES string of the molecule is CC1(C)c2ccccc2Oc2cccc(-c3cccc4c3-c3ccccc3C43c4ccccc4-c4ccccc43)c21. The standard InChI is InChI=1S/C40H28O/c1-39(2)33-21-9-10-23-35(33)41-36-24-12-17-28(38(36)39)27-16-11-22-34-37(27)29-15-5-8-20-32(29)40(34)30-18-6-3-13-25(30)26-14-4-7-19-31(26)40/h3-24H,1-2H3. The summed E-state index contributed by atoms with van der Waals surface area (Å²) in [5.41, 5.74) is 15.2. The summed E-state index contributed by atoms with van der Waals surface area (Å²) >= 11 is 0. The van der Waals surface area contributed by atoms with Gasteiger partial charge in [-0.3, -0.25) is 0 Å². The minimum atomic E-state index is -0.345. The van der Waals surface area contributed by atoms with Crippen LogP contribution in [0.2, 0.25) is 0 Å². The van der Waals surface area contributed by atoms with Gasteiger partial charge in [0, 0.05) is 16.5 Å². The highest BCUT2D eigenvalue weighted by Crippen LogP contribution is 2.64. The Morgan fingerprint density at radius 2 is 0.854 bits per heavy atom. The predicted molar refractivity (Wildman–Crippen MR) is 167 cm³/mol. The number of benzene rings is 6. The van der Waals surface area contributed by atoms with Crippen molar-refractivity contribution in [3.8, 4) is 44.9 Å². The number of ether oxygens (including phenoxy) is 1. The van der Waals surface area contributed by atoms with E-state index in [4.69, 9.17) is 4.74 Å². The van der Waals surface area contributed by atoms with Gasteiger partial charge in [0.05, 0.1) is 5.41 Å². The van der Waals surface area contributed by atoms with E-state index in [1.807, 2.05) is 0 Å². The number of para-hydroxylation sites is 1. The zero-order valence-corrected chi connectivity index (χ0v) is 23.1. The Hall–Kier alpha value is -4.88. The maximum absolute atomic E-state index is 6.55. The van der Waals surface area contributed by atoms with Gasteiger partial charge in [0.1, 0.15) is 11.5 Å². The topological polar surface area (TPSA) is 9.23 Å². The van der Waals surface area contributed by atoms with E-state index < -0.39 is 0 Å². The van der Waals surface area contributed by atoms with Gasteiger partial charge in [0.15, 0.2) is 0 Å². The van der Waals surface area contributed by atoms with Crippen molar-refractivity contribution < 1.29 is 4.74 Å². The van der Waals surface area contributed by atoms with Gasteiger partial charge in [-0.15, -0.1) is 0 Å². The van der Waals surface area contributed by atoms with Gasteiger partial charge in [-0.2, -0.15) is 0 Å². The second-order valence-electron chi connectivity index (χ2n) is 12.0. The normalized spacial score (nSPS) is 15.7. The van der Waals surface area contributed by atoms with Gasteiger partial charge in [0.25, 0.3) is 0 Å². The molecule has 0 saturated carbocycles. The van der Waals surface area contributed by atoms with Crippen molar-refractivity contribution in [1.82, 2.24) is 0 Å². The van der Waals surface area contributed by atoms with Crippen LogP contribution in [-0.4, -0.2) is 0 Å². The molecule has 1 aliphatic heterocycles. The minimum absolute atomic E-state index is 0.216. The van der Waals surface area contributed by atoms with Crippen LogP contribution in [0.1, 0.15) is 47.2 Å². The lowest BCUT2D eigenvalue weighted by atomic mass is 9.70. The van der Waals surface area contributed by atoms with Crippen LogP contribution < -0.4 is 4.74 Å². The smallest absolute Gasteiger partial charge is 0.132 e. The zero-order valence-electron chi connectivity index (χ0n) is 23.1. The molecule has 0 aromatic heterocycles. The van der Waals surface area contributed by atoms with E-state index >= 15 is 0 Å².